The van der Waals surface area contributed by atoms with Crippen LogP contribution in [0.25, 0.3) is 6.08 Å². The number of hydrogen-bond acceptors (Lipinski definition) is 4. The Morgan fingerprint density at radius 1 is 1.21 bits per heavy atom. The lowest BCUT2D eigenvalue weighted by molar-refractivity contribution is 0.570. The molecule has 1 fully saturated rings. The average molecular weight is 343 g/mol. The second-order valence-electron chi connectivity index (χ2n) is 6.00. The highest BCUT2D eigenvalue weighted by Gasteiger charge is 2.26. The Hall–Kier alpha value is -2.18. The van der Waals surface area contributed by atoms with E-state index in [-0.39, 0.29) is 6.04 Å². The summed E-state index contributed by atoms with van der Waals surface area (Å²) in [7, 11) is -3.46. The summed E-state index contributed by atoms with van der Waals surface area (Å²) >= 11 is 0. The Labute approximate surface area is 143 Å². The monoisotopic (exact) mass is 343 g/mol. The maximum Gasteiger partial charge on any atom is 0.234 e. The van der Waals surface area contributed by atoms with Gasteiger partial charge in [0.15, 0.2) is 0 Å². The van der Waals surface area contributed by atoms with Crippen LogP contribution >= 0.6 is 0 Å². The molecule has 2 heterocycles. The van der Waals surface area contributed by atoms with Crippen LogP contribution in [-0.2, 0) is 10.0 Å². The SMILES string of the molecule is Cc1ccc(/C=C/S(=O)(=O)NC2CCN(c3ccccn3)C2)cc1. The van der Waals surface area contributed by atoms with Crippen molar-refractivity contribution in [2.75, 3.05) is 18.0 Å². The van der Waals surface area contributed by atoms with Crippen LogP contribution in [0.2, 0.25) is 0 Å². The lowest BCUT2D eigenvalue weighted by atomic mass is 10.2. The average Bonchev–Trinajstić information content (AvgIpc) is 3.03. The summed E-state index contributed by atoms with van der Waals surface area (Å²) in [6, 6.07) is 13.4. The second kappa shape index (κ2) is 7.15. The zero-order valence-corrected chi connectivity index (χ0v) is 14.4. The van der Waals surface area contributed by atoms with Gasteiger partial charge < -0.3 is 4.90 Å². The smallest absolute Gasteiger partial charge is 0.234 e. The van der Waals surface area contributed by atoms with E-state index in [1.165, 1.54) is 5.41 Å². The third-order valence-electron chi connectivity index (χ3n) is 4.01. The first kappa shape index (κ1) is 16.7. The van der Waals surface area contributed by atoms with Crippen LogP contribution in [0.4, 0.5) is 5.82 Å². The molecule has 6 heteroatoms. The van der Waals surface area contributed by atoms with Crippen LogP contribution in [0.1, 0.15) is 17.5 Å². The minimum atomic E-state index is -3.46. The number of nitrogens with zero attached hydrogens (tertiary/aromatic N) is 2. The van der Waals surface area contributed by atoms with Crippen LogP contribution < -0.4 is 9.62 Å². The lowest BCUT2D eigenvalue weighted by Crippen LogP contribution is -2.36. The lowest BCUT2D eigenvalue weighted by Gasteiger charge is -2.17. The van der Waals surface area contributed by atoms with E-state index in [0.717, 1.165) is 29.9 Å². The number of hydrogen-bond donors (Lipinski definition) is 1. The molecule has 0 radical (unpaired) electrons. The van der Waals surface area contributed by atoms with Crippen molar-refractivity contribution in [3.05, 3.63) is 65.2 Å². The molecule has 1 saturated heterocycles. The highest BCUT2D eigenvalue weighted by atomic mass is 32.2. The van der Waals surface area contributed by atoms with Gasteiger partial charge in [0.1, 0.15) is 5.82 Å². The van der Waals surface area contributed by atoms with Crippen LogP contribution in [0.3, 0.4) is 0 Å². The fourth-order valence-electron chi connectivity index (χ4n) is 2.72. The predicted molar refractivity (Wildman–Crippen MR) is 97.1 cm³/mol. The number of aryl methyl sites for hydroxylation is 1. The number of nitrogens with one attached hydrogen (secondary N) is 1. The molecule has 1 unspecified atom stereocenters. The molecule has 1 aromatic carbocycles. The Morgan fingerprint density at radius 3 is 2.71 bits per heavy atom. The normalized spacial score (nSPS) is 18.4. The molecule has 1 atom stereocenters. The van der Waals surface area contributed by atoms with Gasteiger partial charge in [-0.25, -0.2) is 18.1 Å². The topological polar surface area (TPSA) is 62.3 Å². The fourth-order valence-corrected chi connectivity index (χ4v) is 3.79. The Morgan fingerprint density at radius 2 is 2.00 bits per heavy atom. The predicted octanol–water partition coefficient (Wildman–Crippen LogP) is 2.56. The summed E-state index contributed by atoms with van der Waals surface area (Å²) in [5, 5.41) is 1.24. The summed E-state index contributed by atoms with van der Waals surface area (Å²) in [6.45, 7) is 3.43. The Balaban J connectivity index is 1.60. The molecule has 1 N–H and O–H groups in total. The zero-order chi connectivity index (χ0) is 17.0. The van der Waals surface area contributed by atoms with E-state index in [2.05, 4.69) is 14.6 Å². The molecular weight excluding hydrogens is 322 g/mol. The van der Waals surface area contributed by atoms with Crippen molar-refractivity contribution in [2.24, 2.45) is 0 Å². The molecule has 0 amide bonds. The van der Waals surface area contributed by atoms with E-state index in [1.54, 1.807) is 12.3 Å². The molecule has 0 bridgehead atoms. The highest BCUT2D eigenvalue weighted by molar-refractivity contribution is 7.92. The van der Waals surface area contributed by atoms with Crippen molar-refractivity contribution in [1.82, 2.24) is 9.71 Å². The number of pyridine rings is 1. The Bertz CT molecular complexity index is 802. The third-order valence-corrected chi connectivity index (χ3v) is 5.17. The first-order valence-electron chi connectivity index (χ1n) is 7.95. The van der Waals surface area contributed by atoms with Crippen LogP contribution in [0.15, 0.2) is 54.1 Å². The maximum atomic E-state index is 12.2. The molecule has 5 nitrogen and oxygen atoms in total. The van der Waals surface area contributed by atoms with Gasteiger partial charge in [0, 0.05) is 30.7 Å². The van der Waals surface area contributed by atoms with E-state index < -0.39 is 10.0 Å². The molecule has 1 aliphatic rings. The second-order valence-corrected chi connectivity index (χ2v) is 7.59. The standard InChI is InChI=1S/C18H21N3O2S/c1-15-5-7-16(8-6-15)10-13-24(22,23)20-17-9-12-21(14-17)18-4-2-3-11-19-18/h2-8,10-11,13,17,20H,9,12,14H2,1H3/b13-10+. The summed E-state index contributed by atoms with van der Waals surface area (Å²) < 4.78 is 27.2. The summed E-state index contributed by atoms with van der Waals surface area (Å²) in [6.07, 6.45) is 4.14. The molecular formula is C18H21N3O2S. The quantitative estimate of drug-likeness (QED) is 0.906. The number of aromatic nitrogens is 1. The van der Waals surface area contributed by atoms with Crippen molar-refractivity contribution < 1.29 is 8.42 Å². The molecule has 0 aliphatic carbocycles. The fraction of sp³-hybridized carbons (Fsp3) is 0.278. The molecule has 0 saturated carbocycles. The maximum absolute atomic E-state index is 12.2. The van der Waals surface area contributed by atoms with Crippen LogP contribution in [0.5, 0.6) is 0 Å². The van der Waals surface area contributed by atoms with Crippen LogP contribution in [0, 0.1) is 6.92 Å². The van der Waals surface area contributed by atoms with Crippen molar-refractivity contribution in [2.45, 2.75) is 19.4 Å². The zero-order valence-electron chi connectivity index (χ0n) is 13.6. The minimum Gasteiger partial charge on any atom is -0.355 e. The summed E-state index contributed by atoms with van der Waals surface area (Å²) in [4.78, 5) is 6.40. The van der Waals surface area contributed by atoms with E-state index in [9.17, 15) is 8.42 Å². The van der Waals surface area contributed by atoms with Gasteiger partial charge in [0.2, 0.25) is 10.0 Å². The van der Waals surface area contributed by atoms with E-state index in [4.69, 9.17) is 0 Å². The Kier molecular flexibility index (Phi) is 4.97. The van der Waals surface area contributed by atoms with Gasteiger partial charge in [-0.1, -0.05) is 35.9 Å². The van der Waals surface area contributed by atoms with Crippen molar-refractivity contribution >= 4 is 21.9 Å². The van der Waals surface area contributed by atoms with Gasteiger partial charge in [-0.3, -0.25) is 0 Å². The molecule has 126 valence electrons. The summed E-state index contributed by atoms with van der Waals surface area (Å²) in [5.41, 5.74) is 2.02. The molecule has 1 aliphatic heterocycles. The minimum absolute atomic E-state index is 0.0975. The number of anilines is 1. The van der Waals surface area contributed by atoms with Gasteiger partial charge >= 0.3 is 0 Å². The van der Waals surface area contributed by atoms with Gasteiger partial charge in [-0.15, -0.1) is 0 Å². The van der Waals surface area contributed by atoms with Gasteiger partial charge in [0.25, 0.3) is 0 Å². The molecule has 2 aromatic rings. The number of benzene rings is 1. The summed E-state index contributed by atoms with van der Waals surface area (Å²) in [5.74, 6) is 0.884. The molecule has 1 aromatic heterocycles. The van der Waals surface area contributed by atoms with Crippen molar-refractivity contribution in [1.29, 1.82) is 0 Å². The highest BCUT2D eigenvalue weighted by Crippen LogP contribution is 2.18. The largest absolute Gasteiger partial charge is 0.355 e. The van der Waals surface area contributed by atoms with E-state index in [1.807, 2.05) is 49.4 Å². The van der Waals surface area contributed by atoms with Gasteiger partial charge in [0.05, 0.1) is 0 Å². The first-order chi connectivity index (χ1) is 11.5. The number of sulfonamides is 1. The molecule has 3 rings (SSSR count). The van der Waals surface area contributed by atoms with E-state index in [0.29, 0.717) is 6.54 Å². The third kappa shape index (κ3) is 4.43. The molecule has 0 spiro atoms. The van der Waals surface area contributed by atoms with Gasteiger partial charge in [-0.2, -0.15) is 0 Å². The molecule has 24 heavy (non-hydrogen) atoms. The van der Waals surface area contributed by atoms with E-state index >= 15 is 0 Å². The van der Waals surface area contributed by atoms with Gasteiger partial charge in [-0.05, 0) is 37.1 Å². The number of rotatable bonds is 5. The van der Waals surface area contributed by atoms with Crippen molar-refractivity contribution in [3.8, 4) is 0 Å². The van der Waals surface area contributed by atoms with Crippen molar-refractivity contribution in [3.63, 3.8) is 0 Å². The van der Waals surface area contributed by atoms with Crippen LogP contribution in [-0.4, -0.2) is 32.5 Å². The first-order valence-corrected chi connectivity index (χ1v) is 9.49.